The van der Waals surface area contributed by atoms with E-state index in [9.17, 15) is 0 Å². The van der Waals surface area contributed by atoms with E-state index in [1.165, 1.54) is 5.56 Å². The van der Waals surface area contributed by atoms with Crippen LogP contribution in [0.15, 0.2) is 91.1 Å². The smallest absolute Gasteiger partial charge is 0.229 e. The van der Waals surface area contributed by atoms with Gasteiger partial charge in [0.2, 0.25) is 5.95 Å². The largest absolute Gasteiger partial charge is 0.489 e. The zero-order valence-corrected chi connectivity index (χ0v) is 16.2. The summed E-state index contributed by atoms with van der Waals surface area (Å²) in [4.78, 5) is 8.82. The second-order valence-electron chi connectivity index (χ2n) is 6.68. The first-order chi connectivity index (χ1) is 14.2. The Labute approximate surface area is 170 Å². The Morgan fingerprint density at radius 3 is 2.41 bits per heavy atom. The Balaban J connectivity index is 1.37. The van der Waals surface area contributed by atoms with E-state index in [-0.39, 0.29) is 0 Å². The van der Waals surface area contributed by atoms with Crippen LogP contribution >= 0.6 is 0 Å². The summed E-state index contributed by atoms with van der Waals surface area (Å²) >= 11 is 0. The predicted molar refractivity (Wildman–Crippen MR) is 117 cm³/mol. The molecular weight excluding hydrogens is 360 g/mol. The van der Waals surface area contributed by atoms with Crippen LogP contribution in [0.5, 0.6) is 5.75 Å². The zero-order chi connectivity index (χ0) is 19.9. The van der Waals surface area contributed by atoms with Crippen molar-refractivity contribution in [2.75, 3.05) is 10.6 Å². The van der Waals surface area contributed by atoms with Gasteiger partial charge < -0.3 is 15.4 Å². The molecule has 0 amide bonds. The molecular formula is C24H22N4O. The van der Waals surface area contributed by atoms with Crippen LogP contribution in [0.25, 0.3) is 0 Å². The molecule has 0 aliphatic heterocycles. The molecule has 0 aliphatic carbocycles. The van der Waals surface area contributed by atoms with Crippen LogP contribution in [0.2, 0.25) is 0 Å². The summed E-state index contributed by atoms with van der Waals surface area (Å²) in [5.74, 6) is 2.08. The molecule has 3 aromatic carbocycles. The van der Waals surface area contributed by atoms with Crippen molar-refractivity contribution in [2.45, 2.75) is 13.5 Å². The first-order valence-electron chi connectivity index (χ1n) is 9.45. The minimum atomic E-state index is 0.545. The average Bonchev–Trinajstić information content (AvgIpc) is 2.74. The molecule has 0 bridgehead atoms. The van der Waals surface area contributed by atoms with Gasteiger partial charge >= 0.3 is 0 Å². The first-order valence-corrected chi connectivity index (χ1v) is 9.45. The summed E-state index contributed by atoms with van der Waals surface area (Å²) in [6.07, 6.45) is 1.73. The second-order valence-corrected chi connectivity index (χ2v) is 6.68. The first kappa shape index (κ1) is 18.5. The number of nitrogens with zero attached hydrogens (tertiary/aromatic N) is 2. The van der Waals surface area contributed by atoms with Crippen molar-refractivity contribution in [3.8, 4) is 5.75 Å². The topological polar surface area (TPSA) is 59.1 Å². The van der Waals surface area contributed by atoms with Gasteiger partial charge in [-0.1, -0.05) is 42.5 Å². The van der Waals surface area contributed by atoms with E-state index in [1.807, 2.05) is 72.8 Å². The van der Waals surface area contributed by atoms with Gasteiger partial charge in [0.1, 0.15) is 18.2 Å². The lowest BCUT2D eigenvalue weighted by Gasteiger charge is -2.10. The van der Waals surface area contributed by atoms with Gasteiger partial charge in [-0.2, -0.15) is 4.98 Å². The highest BCUT2D eigenvalue weighted by Crippen LogP contribution is 2.21. The molecule has 1 heterocycles. The standard InChI is InChI=1S/C24H22N4O/c1-18-6-5-9-21(16-18)27-24-25-15-14-23(28-24)26-20-10-12-22(13-11-20)29-17-19-7-3-2-4-8-19/h2-16H,17H2,1H3,(H2,25,26,27,28). The van der Waals surface area contributed by atoms with E-state index >= 15 is 0 Å². The molecule has 0 spiro atoms. The van der Waals surface area contributed by atoms with Crippen LogP contribution in [-0.2, 0) is 6.61 Å². The number of anilines is 4. The van der Waals surface area contributed by atoms with Crippen molar-refractivity contribution in [2.24, 2.45) is 0 Å². The SMILES string of the molecule is Cc1cccc(Nc2nccc(Nc3ccc(OCc4ccccc4)cc3)n2)c1. The highest BCUT2D eigenvalue weighted by Gasteiger charge is 2.02. The molecule has 4 aromatic rings. The van der Waals surface area contributed by atoms with E-state index in [2.05, 4.69) is 39.7 Å². The summed E-state index contributed by atoms with van der Waals surface area (Å²) in [5.41, 5.74) is 4.21. The van der Waals surface area contributed by atoms with E-state index in [0.717, 1.165) is 22.7 Å². The number of benzene rings is 3. The summed E-state index contributed by atoms with van der Waals surface area (Å²) < 4.78 is 5.83. The molecule has 0 unspecified atom stereocenters. The minimum absolute atomic E-state index is 0.545. The van der Waals surface area contributed by atoms with Gasteiger partial charge in [-0.05, 0) is 60.5 Å². The molecule has 5 heteroatoms. The van der Waals surface area contributed by atoms with E-state index in [0.29, 0.717) is 18.4 Å². The number of hydrogen-bond donors (Lipinski definition) is 2. The fourth-order valence-corrected chi connectivity index (χ4v) is 2.86. The third-order valence-electron chi connectivity index (χ3n) is 4.30. The number of ether oxygens (including phenoxy) is 1. The van der Waals surface area contributed by atoms with Crippen molar-refractivity contribution in [1.82, 2.24) is 9.97 Å². The second kappa shape index (κ2) is 8.89. The van der Waals surface area contributed by atoms with Crippen LogP contribution in [0.1, 0.15) is 11.1 Å². The average molecular weight is 382 g/mol. The van der Waals surface area contributed by atoms with Crippen molar-refractivity contribution in [1.29, 1.82) is 0 Å². The third kappa shape index (κ3) is 5.32. The fourth-order valence-electron chi connectivity index (χ4n) is 2.86. The molecule has 0 radical (unpaired) electrons. The van der Waals surface area contributed by atoms with Crippen LogP contribution in [0, 0.1) is 6.92 Å². The molecule has 29 heavy (non-hydrogen) atoms. The number of hydrogen-bond acceptors (Lipinski definition) is 5. The fraction of sp³-hybridized carbons (Fsp3) is 0.0833. The molecule has 1 aromatic heterocycles. The highest BCUT2D eigenvalue weighted by molar-refractivity contribution is 5.60. The van der Waals surface area contributed by atoms with Gasteiger partial charge in [-0.25, -0.2) is 4.98 Å². The summed E-state index contributed by atoms with van der Waals surface area (Å²) in [6, 6.07) is 27.9. The lowest BCUT2D eigenvalue weighted by molar-refractivity contribution is 0.306. The molecule has 0 saturated heterocycles. The third-order valence-corrected chi connectivity index (χ3v) is 4.30. The molecule has 0 saturated carbocycles. The quantitative estimate of drug-likeness (QED) is 0.420. The van der Waals surface area contributed by atoms with Crippen molar-refractivity contribution < 1.29 is 4.74 Å². The Kier molecular flexibility index (Phi) is 5.67. The van der Waals surface area contributed by atoms with Crippen molar-refractivity contribution in [3.05, 3.63) is 102 Å². The normalized spacial score (nSPS) is 10.4. The number of rotatable bonds is 7. The summed E-state index contributed by atoms with van der Waals surface area (Å²) in [6.45, 7) is 2.60. The van der Waals surface area contributed by atoms with Crippen molar-refractivity contribution in [3.63, 3.8) is 0 Å². The van der Waals surface area contributed by atoms with Crippen LogP contribution in [0.4, 0.5) is 23.1 Å². The van der Waals surface area contributed by atoms with Gasteiger partial charge in [0.25, 0.3) is 0 Å². The van der Waals surface area contributed by atoms with Gasteiger partial charge in [0.05, 0.1) is 0 Å². The number of nitrogens with one attached hydrogen (secondary N) is 2. The molecule has 5 nitrogen and oxygen atoms in total. The summed E-state index contributed by atoms with van der Waals surface area (Å²) in [5, 5.41) is 6.53. The maximum absolute atomic E-state index is 5.83. The minimum Gasteiger partial charge on any atom is -0.489 e. The lowest BCUT2D eigenvalue weighted by atomic mass is 10.2. The van der Waals surface area contributed by atoms with Crippen LogP contribution in [-0.4, -0.2) is 9.97 Å². The summed E-state index contributed by atoms with van der Waals surface area (Å²) in [7, 11) is 0. The monoisotopic (exact) mass is 382 g/mol. The van der Waals surface area contributed by atoms with Crippen LogP contribution < -0.4 is 15.4 Å². The van der Waals surface area contributed by atoms with E-state index < -0.39 is 0 Å². The number of aromatic nitrogens is 2. The van der Waals surface area contributed by atoms with Crippen molar-refractivity contribution >= 4 is 23.1 Å². The van der Waals surface area contributed by atoms with Gasteiger partial charge in [-0.3, -0.25) is 0 Å². The number of aryl methyl sites for hydroxylation is 1. The van der Waals surface area contributed by atoms with Gasteiger partial charge in [-0.15, -0.1) is 0 Å². The molecule has 0 fully saturated rings. The predicted octanol–water partition coefficient (Wildman–Crippen LogP) is 5.85. The molecule has 0 atom stereocenters. The Hall–Kier alpha value is -3.86. The molecule has 2 N–H and O–H groups in total. The highest BCUT2D eigenvalue weighted by atomic mass is 16.5. The molecule has 0 aliphatic rings. The lowest BCUT2D eigenvalue weighted by Crippen LogP contribution is -2.00. The molecule has 4 rings (SSSR count). The van der Waals surface area contributed by atoms with Gasteiger partial charge in [0.15, 0.2) is 0 Å². The Morgan fingerprint density at radius 1 is 0.793 bits per heavy atom. The molecule has 144 valence electrons. The Bertz CT molecular complexity index is 1070. The van der Waals surface area contributed by atoms with E-state index in [4.69, 9.17) is 4.74 Å². The van der Waals surface area contributed by atoms with E-state index in [1.54, 1.807) is 6.20 Å². The zero-order valence-electron chi connectivity index (χ0n) is 16.2. The Morgan fingerprint density at radius 2 is 1.62 bits per heavy atom. The maximum Gasteiger partial charge on any atom is 0.229 e. The maximum atomic E-state index is 5.83. The van der Waals surface area contributed by atoms with Crippen LogP contribution in [0.3, 0.4) is 0 Å². The van der Waals surface area contributed by atoms with Gasteiger partial charge in [0, 0.05) is 17.6 Å².